The van der Waals surface area contributed by atoms with E-state index in [1.54, 1.807) is 6.33 Å². The van der Waals surface area contributed by atoms with Crippen LogP contribution in [-0.4, -0.2) is 21.9 Å². The van der Waals surface area contributed by atoms with E-state index in [0.717, 1.165) is 28.3 Å². The number of benzene rings is 2. The van der Waals surface area contributed by atoms with Crippen LogP contribution in [0, 0.1) is 6.92 Å². The molecule has 29 heavy (non-hydrogen) atoms. The van der Waals surface area contributed by atoms with Gasteiger partial charge in [0.2, 0.25) is 0 Å². The Bertz CT molecular complexity index is 978. The number of nitrogens with zero attached hydrogens (tertiary/aromatic N) is 2. The molecule has 0 bridgehead atoms. The summed E-state index contributed by atoms with van der Waals surface area (Å²) in [5, 5.41) is 6.50. The van der Waals surface area contributed by atoms with E-state index in [1.807, 2.05) is 61.5 Å². The maximum atomic E-state index is 12.5. The summed E-state index contributed by atoms with van der Waals surface area (Å²) < 4.78 is 0. The summed E-state index contributed by atoms with van der Waals surface area (Å²) in [4.78, 5) is 21.3. The summed E-state index contributed by atoms with van der Waals surface area (Å²) in [5.41, 5.74) is 4.30. The SMILES string of the molecule is Cc1ccccc1NC(=O)c1ccc(-c2cc(NC3CCCCC3)ncn2)cc1. The van der Waals surface area contributed by atoms with Gasteiger partial charge in [-0.05, 0) is 43.5 Å². The molecule has 5 heteroatoms. The molecular formula is C24H26N4O. The summed E-state index contributed by atoms with van der Waals surface area (Å²) in [6, 6.07) is 17.8. The summed E-state index contributed by atoms with van der Waals surface area (Å²) in [6.07, 6.45) is 7.88. The van der Waals surface area contributed by atoms with Gasteiger partial charge in [0.05, 0.1) is 5.69 Å². The van der Waals surface area contributed by atoms with Gasteiger partial charge < -0.3 is 10.6 Å². The minimum atomic E-state index is -0.117. The van der Waals surface area contributed by atoms with Gasteiger partial charge in [-0.3, -0.25) is 4.79 Å². The number of rotatable bonds is 5. The summed E-state index contributed by atoms with van der Waals surface area (Å²) in [6.45, 7) is 1.98. The average molecular weight is 386 g/mol. The van der Waals surface area contributed by atoms with Gasteiger partial charge in [-0.15, -0.1) is 0 Å². The molecule has 2 N–H and O–H groups in total. The number of carbonyl (C=O) groups excluding carboxylic acids is 1. The fraction of sp³-hybridized carbons (Fsp3) is 0.292. The molecule has 0 radical (unpaired) electrons. The molecule has 1 heterocycles. The van der Waals surface area contributed by atoms with Gasteiger partial charge in [0.15, 0.2) is 0 Å². The molecule has 1 aliphatic carbocycles. The standard InChI is InChI=1S/C24H26N4O/c1-17-7-5-6-10-21(17)28-24(29)19-13-11-18(12-14-19)22-15-23(26-16-25-22)27-20-8-3-2-4-9-20/h5-7,10-16,20H,2-4,8-9H2,1H3,(H,28,29)(H,25,26,27). The molecule has 4 rings (SSSR count). The van der Waals surface area contributed by atoms with Gasteiger partial charge in [0.25, 0.3) is 5.91 Å². The van der Waals surface area contributed by atoms with Crippen LogP contribution in [0.1, 0.15) is 48.0 Å². The Labute approximate surface area is 171 Å². The Morgan fingerprint density at radius 3 is 2.48 bits per heavy atom. The summed E-state index contributed by atoms with van der Waals surface area (Å²) in [7, 11) is 0. The molecular weight excluding hydrogens is 360 g/mol. The number of hydrogen-bond acceptors (Lipinski definition) is 4. The van der Waals surface area contributed by atoms with Crippen molar-refractivity contribution < 1.29 is 4.79 Å². The number of para-hydroxylation sites is 1. The van der Waals surface area contributed by atoms with Crippen LogP contribution in [0.3, 0.4) is 0 Å². The molecule has 0 spiro atoms. The second kappa shape index (κ2) is 8.86. The Hall–Kier alpha value is -3.21. The van der Waals surface area contributed by atoms with E-state index < -0.39 is 0 Å². The van der Waals surface area contributed by atoms with Gasteiger partial charge in [0.1, 0.15) is 12.1 Å². The van der Waals surface area contributed by atoms with E-state index in [9.17, 15) is 4.79 Å². The molecule has 1 amide bonds. The smallest absolute Gasteiger partial charge is 0.255 e. The Morgan fingerprint density at radius 2 is 1.72 bits per heavy atom. The minimum Gasteiger partial charge on any atom is -0.367 e. The molecule has 3 aromatic rings. The van der Waals surface area contributed by atoms with Crippen molar-refractivity contribution in [2.75, 3.05) is 10.6 Å². The molecule has 0 aliphatic heterocycles. The first-order valence-corrected chi connectivity index (χ1v) is 10.2. The highest BCUT2D eigenvalue weighted by Crippen LogP contribution is 2.24. The first-order valence-electron chi connectivity index (χ1n) is 10.2. The van der Waals surface area contributed by atoms with Crippen LogP contribution in [0.15, 0.2) is 60.9 Å². The van der Waals surface area contributed by atoms with Gasteiger partial charge in [-0.25, -0.2) is 9.97 Å². The monoisotopic (exact) mass is 386 g/mol. The molecule has 0 atom stereocenters. The van der Waals surface area contributed by atoms with Crippen LogP contribution in [0.2, 0.25) is 0 Å². The van der Waals surface area contributed by atoms with Gasteiger partial charge in [0, 0.05) is 28.9 Å². The van der Waals surface area contributed by atoms with Crippen molar-refractivity contribution in [2.24, 2.45) is 0 Å². The molecule has 5 nitrogen and oxygen atoms in total. The third-order valence-corrected chi connectivity index (χ3v) is 5.46. The highest BCUT2D eigenvalue weighted by atomic mass is 16.1. The second-order valence-electron chi connectivity index (χ2n) is 7.61. The molecule has 1 saturated carbocycles. The van der Waals surface area contributed by atoms with Crippen molar-refractivity contribution in [3.63, 3.8) is 0 Å². The quantitative estimate of drug-likeness (QED) is 0.612. The van der Waals surface area contributed by atoms with E-state index in [2.05, 4.69) is 20.6 Å². The zero-order chi connectivity index (χ0) is 20.1. The van der Waals surface area contributed by atoms with E-state index in [4.69, 9.17) is 0 Å². The number of amides is 1. The normalized spacial score (nSPS) is 14.4. The highest BCUT2D eigenvalue weighted by molar-refractivity contribution is 6.04. The van der Waals surface area contributed by atoms with Crippen LogP contribution in [0.25, 0.3) is 11.3 Å². The fourth-order valence-electron chi connectivity index (χ4n) is 3.75. The first kappa shape index (κ1) is 19.1. The van der Waals surface area contributed by atoms with E-state index in [1.165, 1.54) is 32.1 Å². The van der Waals surface area contributed by atoms with Crippen molar-refractivity contribution in [1.82, 2.24) is 9.97 Å². The van der Waals surface area contributed by atoms with Crippen molar-refractivity contribution in [2.45, 2.75) is 45.1 Å². The zero-order valence-electron chi connectivity index (χ0n) is 16.7. The number of anilines is 2. The van der Waals surface area contributed by atoms with Crippen molar-refractivity contribution in [3.05, 3.63) is 72.1 Å². The lowest BCUT2D eigenvalue weighted by atomic mass is 9.95. The number of nitrogens with one attached hydrogen (secondary N) is 2. The Kier molecular flexibility index (Phi) is 5.84. The third kappa shape index (κ3) is 4.80. The fourth-order valence-corrected chi connectivity index (χ4v) is 3.75. The maximum absolute atomic E-state index is 12.5. The molecule has 1 aliphatic rings. The van der Waals surface area contributed by atoms with Crippen molar-refractivity contribution in [3.8, 4) is 11.3 Å². The van der Waals surface area contributed by atoms with Crippen LogP contribution in [-0.2, 0) is 0 Å². The van der Waals surface area contributed by atoms with Gasteiger partial charge in [-0.1, -0.05) is 49.6 Å². The second-order valence-corrected chi connectivity index (χ2v) is 7.61. The Morgan fingerprint density at radius 1 is 0.966 bits per heavy atom. The molecule has 0 unspecified atom stereocenters. The third-order valence-electron chi connectivity index (χ3n) is 5.46. The lowest BCUT2D eigenvalue weighted by Crippen LogP contribution is -2.22. The zero-order valence-corrected chi connectivity index (χ0v) is 16.7. The predicted octanol–water partition coefficient (Wildman–Crippen LogP) is 5.45. The molecule has 1 fully saturated rings. The number of aryl methyl sites for hydroxylation is 1. The lowest BCUT2D eigenvalue weighted by Gasteiger charge is -2.23. The average Bonchev–Trinajstić information content (AvgIpc) is 2.76. The topological polar surface area (TPSA) is 66.9 Å². The first-order chi connectivity index (χ1) is 14.2. The largest absolute Gasteiger partial charge is 0.367 e. The summed E-state index contributed by atoms with van der Waals surface area (Å²) in [5.74, 6) is 0.747. The molecule has 148 valence electrons. The molecule has 1 aromatic heterocycles. The number of hydrogen-bond donors (Lipinski definition) is 2. The number of carbonyl (C=O) groups is 1. The van der Waals surface area contributed by atoms with Gasteiger partial charge in [-0.2, -0.15) is 0 Å². The molecule has 2 aromatic carbocycles. The number of aromatic nitrogens is 2. The van der Waals surface area contributed by atoms with Crippen LogP contribution in [0.4, 0.5) is 11.5 Å². The van der Waals surface area contributed by atoms with E-state index >= 15 is 0 Å². The highest BCUT2D eigenvalue weighted by Gasteiger charge is 2.14. The summed E-state index contributed by atoms with van der Waals surface area (Å²) >= 11 is 0. The Balaban J connectivity index is 1.45. The minimum absolute atomic E-state index is 0.117. The lowest BCUT2D eigenvalue weighted by molar-refractivity contribution is 0.102. The van der Waals surface area contributed by atoms with Crippen LogP contribution < -0.4 is 10.6 Å². The van der Waals surface area contributed by atoms with Crippen molar-refractivity contribution >= 4 is 17.4 Å². The predicted molar refractivity (Wildman–Crippen MR) is 117 cm³/mol. The van der Waals surface area contributed by atoms with Gasteiger partial charge >= 0.3 is 0 Å². The van der Waals surface area contributed by atoms with E-state index in [0.29, 0.717) is 11.6 Å². The van der Waals surface area contributed by atoms with E-state index in [-0.39, 0.29) is 5.91 Å². The van der Waals surface area contributed by atoms with Crippen LogP contribution >= 0.6 is 0 Å². The van der Waals surface area contributed by atoms with Crippen molar-refractivity contribution in [1.29, 1.82) is 0 Å². The maximum Gasteiger partial charge on any atom is 0.255 e. The van der Waals surface area contributed by atoms with Crippen LogP contribution in [0.5, 0.6) is 0 Å². The molecule has 0 saturated heterocycles.